The predicted molar refractivity (Wildman–Crippen MR) is 178 cm³/mol. The van der Waals surface area contributed by atoms with E-state index in [1.807, 2.05) is 6.08 Å². The Hall–Kier alpha value is -3.16. The highest BCUT2D eigenvalue weighted by Gasteiger charge is 2.70. The molecule has 0 bridgehead atoms. The number of esters is 1. The van der Waals surface area contributed by atoms with Crippen molar-refractivity contribution in [2.24, 2.45) is 44.8 Å². The van der Waals surface area contributed by atoms with Gasteiger partial charge in [-0.05, 0) is 116 Å². The number of rotatable bonds is 4. The Balaban J connectivity index is 1.32. The fourth-order valence-electron chi connectivity index (χ4n) is 11.8. The number of methoxy groups -OCH3 is 1. The van der Waals surface area contributed by atoms with Gasteiger partial charge in [0.25, 0.3) is 0 Å². The van der Waals surface area contributed by atoms with Gasteiger partial charge < -0.3 is 19.9 Å². The lowest BCUT2D eigenvalue weighted by Gasteiger charge is -2.70. The fraction of sp³-hybridized carbons (Fsp3) is 0.692. The molecule has 0 heterocycles. The number of nitrogens with one attached hydrogen (secondary N) is 1. The van der Waals surface area contributed by atoms with Crippen molar-refractivity contribution in [3.05, 3.63) is 47.0 Å². The van der Waals surface area contributed by atoms with Gasteiger partial charge in [0.15, 0.2) is 5.78 Å². The van der Waals surface area contributed by atoms with Crippen molar-refractivity contribution >= 4 is 23.8 Å². The number of amides is 1. The maximum absolute atomic E-state index is 14.7. The molecule has 0 spiro atoms. The monoisotopic (exact) mass is 647 g/mol. The van der Waals surface area contributed by atoms with Crippen LogP contribution in [0.25, 0.3) is 0 Å². The Bertz CT molecular complexity index is 1550. The van der Waals surface area contributed by atoms with Crippen LogP contribution in [-0.2, 0) is 14.3 Å². The van der Waals surface area contributed by atoms with Gasteiger partial charge in [-0.1, -0.05) is 59.2 Å². The number of aromatic carboxylic acids is 1. The molecule has 8 nitrogen and oxygen atoms in total. The Morgan fingerprint density at radius 2 is 1.53 bits per heavy atom. The van der Waals surface area contributed by atoms with Crippen LogP contribution >= 0.6 is 0 Å². The van der Waals surface area contributed by atoms with Crippen LogP contribution in [-0.4, -0.2) is 47.7 Å². The van der Waals surface area contributed by atoms with E-state index in [4.69, 9.17) is 9.47 Å². The van der Waals surface area contributed by atoms with E-state index in [0.717, 1.165) is 51.4 Å². The van der Waals surface area contributed by atoms with Crippen LogP contribution in [0.3, 0.4) is 0 Å². The number of fused-ring (bicyclic) bond motifs is 7. The van der Waals surface area contributed by atoms with Crippen LogP contribution in [0.4, 0.5) is 4.79 Å². The highest BCUT2D eigenvalue weighted by atomic mass is 16.5. The van der Waals surface area contributed by atoms with Crippen LogP contribution in [0.5, 0.6) is 0 Å². The number of carbonyl (C=O) groups is 4. The Labute approximate surface area is 279 Å². The molecule has 1 amide bonds. The summed E-state index contributed by atoms with van der Waals surface area (Å²) in [5.74, 6) is -1.34. The van der Waals surface area contributed by atoms with E-state index in [-0.39, 0.29) is 56.3 Å². The molecule has 0 saturated heterocycles. The van der Waals surface area contributed by atoms with Gasteiger partial charge in [0, 0.05) is 16.9 Å². The molecule has 8 heteroatoms. The third-order valence-corrected chi connectivity index (χ3v) is 14.7. The van der Waals surface area contributed by atoms with E-state index < -0.39 is 35.1 Å². The largest absolute Gasteiger partial charge is 0.478 e. The minimum atomic E-state index is -1.16. The van der Waals surface area contributed by atoms with Crippen molar-refractivity contribution in [3.63, 3.8) is 0 Å². The molecule has 9 atom stereocenters. The maximum Gasteiger partial charge on any atom is 0.407 e. The molecule has 0 unspecified atom stereocenters. The summed E-state index contributed by atoms with van der Waals surface area (Å²) in [5, 5.41) is 12.8. The third-order valence-electron chi connectivity index (χ3n) is 14.7. The molecule has 1 aromatic carbocycles. The lowest BCUT2D eigenvalue weighted by atomic mass is 9.33. The molecular formula is C39H53NO7. The van der Waals surface area contributed by atoms with Crippen LogP contribution in [0, 0.1) is 44.8 Å². The van der Waals surface area contributed by atoms with Crippen LogP contribution in [0.1, 0.15) is 127 Å². The third kappa shape index (κ3) is 4.89. The van der Waals surface area contributed by atoms with Crippen molar-refractivity contribution in [2.75, 3.05) is 7.11 Å². The van der Waals surface area contributed by atoms with Crippen molar-refractivity contribution in [3.8, 4) is 0 Å². The molecule has 0 radical (unpaired) electrons. The highest BCUT2D eigenvalue weighted by molar-refractivity contribution is 6.02. The second kappa shape index (κ2) is 10.9. The molecule has 4 fully saturated rings. The summed E-state index contributed by atoms with van der Waals surface area (Å²) in [7, 11) is 1.40. The zero-order chi connectivity index (χ0) is 34.4. The first-order valence-electron chi connectivity index (χ1n) is 17.5. The molecule has 256 valence electrons. The number of allylic oxidation sites excluding steroid dienone is 2. The number of hydrogen-bond acceptors (Lipinski definition) is 6. The van der Waals surface area contributed by atoms with Crippen LogP contribution in [0.2, 0.25) is 0 Å². The summed E-state index contributed by atoms with van der Waals surface area (Å²) < 4.78 is 11.1. The number of ketones is 1. The number of carbonyl (C=O) groups excluding carboxylic acids is 3. The summed E-state index contributed by atoms with van der Waals surface area (Å²) in [5.41, 5.74) is -0.103. The minimum absolute atomic E-state index is 0.0593. The van der Waals surface area contributed by atoms with Gasteiger partial charge in [0.2, 0.25) is 0 Å². The van der Waals surface area contributed by atoms with Gasteiger partial charge in [-0.2, -0.15) is 0 Å². The van der Waals surface area contributed by atoms with E-state index in [9.17, 15) is 24.3 Å². The Morgan fingerprint density at radius 3 is 2.19 bits per heavy atom. The summed E-state index contributed by atoms with van der Waals surface area (Å²) in [6.45, 7) is 15.9. The SMILES string of the molecule is COC(=O)N[C@@]1(C)CC[C@]2(C)CC[C@]3(C)C(=CC(=O)[C@H]4[C@@]5(C)CC[C@H](OC(=O)c6ccccc6C(=O)O)C(C)(C)[C@H]5CC[C@@]43C)[C@H]2C1. The first kappa shape index (κ1) is 33.7. The standard InChI is InChI=1S/C39H53NO7/c1-34(2)28-13-16-39(7)30(37(28,5)15-14-29(34)47-32(44)24-12-10-9-11-23(24)31(42)43)27(41)21-25-26-22-36(4,40-33(45)46-8)19-17-35(26,3)18-20-38(25,39)6/h9-12,21,26,28-30H,13-20,22H2,1-8H3,(H,40,45)(H,42,43)/t26-,28-,29+,30+,35-,36+,37+,38-,39+/m1/s1. The van der Waals surface area contributed by atoms with Crippen LogP contribution in [0.15, 0.2) is 35.9 Å². The van der Waals surface area contributed by atoms with E-state index in [2.05, 4.69) is 53.8 Å². The predicted octanol–water partition coefficient (Wildman–Crippen LogP) is 8.00. The van der Waals surface area contributed by atoms with Gasteiger partial charge in [-0.25, -0.2) is 14.4 Å². The average molecular weight is 648 g/mol. The summed E-state index contributed by atoms with van der Waals surface area (Å²) in [6, 6.07) is 6.20. The number of hydrogen-bond donors (Lipinski definition) is 2. The smallest absolute Gasteiger partial charge is 0.407 e. The molecule has 47 heavy (non-hydrogen) atoms. The molecule has 0 aliphatic heterocycles. The van der Waals surface area contributed by atoms with E-state index >= 15 is 0 Å². The zero-order valence-corrected chi connectivity index (χ0v) is 29.5. The molecule has 4 saturated carbocycles. The fourth-order valence-corrected chi connectivity index (χ4v) is 11.8. The zero-order valence-electron chi connectivity index (χ0n) is 29.5. The summed E-state index contributed by atoms with van der Waals surface area (Å²) in [6.07, 6.45) is 9.25. The lowest BCUT2D eigenvalue weighted by molar-refractivity contribution is -0.202. The normalized spacial score (nSPS) is 42.0. The molecule has 5 aliphatic carbocycles. The Morgan fingerprint density at radius 1 is 0.872 bits per heavy atom. The number of carboxylic acid groups (broad SMARTS) is 1. The number of alkyl carbamates (subject to hydrolysis) is 1. The van der Waals surface area contributed by atoms with Crippen LogP contribution < -0.4 is 5.32 Å². The van der Waals surface area contributed by atoms with Crippen molar-refractivity contribution in [2.45, 2.75) is 118 Å². The lowest BCUT2D eigenvalue weighted by Crippen LogP contribution is -2.67. The average Bonchev–Trinajstić information content (AvgIpc) is 3.00. The first-order valence-corrected chi connectivity index (χ1v) is 17.5. The molecule has 1 aromatic rings. The van der Waals surface area contributed by atoms with Gasteiger partial charge in [0.05, 0.1) is 18.2 Å². The molecule has 5 aliphatic rings. The van der Waals surface area contributed by atoms with E-state index in [1.54, 1.807) is 12.1 Å². The topological polar surface area (TPSA) is 119 Å². The van der Waals surface area contributed by atoms with Crippen molar-refractivity contribution in [1.29, 1.82) is 0 Å². The minimum Gasteiger partial charge on any atom is -0.478 e. The summed E-state index contributed by atoms with van der Waals surface area (Å²) >= 11 is 0. The van der Waals surface area contributed by atoms with Crippen molar-refractivity contribution < 1.29 is 33.8 Å². The Kier molecular flexibility index (Phi) is 7.84. The molecule has 0 aromatic heterocycles. The second-order valence-corrected chi connectivity index (χ2v) is 17.5. The van der Waals surface area contributed by atoms with Gasteiger partial charge in [0.1, 0.15) is 6.10 Å². The second-order valence-electron chi connectivity index (χ2n) is 17.5. The van der Waals surface area contributed by atoms with E-state index in [1.165, 1.54) is 24.8 Å². The number of carboxylic acids is 1. The van der Waals surface area contributed by atoms with Gasteiger partial charge in [-0.15, -0.1) is 0 Å². The molecular weight excluding hydrogens is 594 g/mol. The first-order chi connectivity index (χ1) is 21.9. The van der Waals surface area contributed by atoms with Gasteiger partial charge >= 0.3 is 18.0 Å². The van der Waals surface area contributed by atoms with E-state index in [0.29, 0.717) is 6.42 Å². The van der Waals surface area contributed by atoms with Gasteiger partial charge in [-0.3, -0.25) is 4.79 Å². The van der Waals surface area contributed by atoms with Crippen molar-refractivity contribution in [1.82, 2.24) is 5.32 Å². The highest BCUT2D eigenvalue weighted by Crippen LogP contribution is 2.75. The summed E-state index contributed by atoms with van der Waals surface area (Å²) in [4.78, 5) is 52.2. The number of benzene rings is 1. The maximum atomic E-state index is 14.7. The quantitative estimate of drug-likeness (QED) is 0.318. The molecule has 6 rings (SSSR count). The molecule has 2 N–H and O–H groups in total. The number of ether oxygens (including phenoxy) is 2.